The second kappa shape index (κ2) is 8.65. The zero-order valence-corrected chi connectivity index (χ0v) is 15.2. The molecule has 0 aromatic carbocycles. The molecule has 0 saturated carbocycles. The minimum absolute atomic E-state index is 0.0425. The Labute approximate surface area is 156 Å². The normalized spacial score (nSPS) is 20.3. The van der Waals surface area contributed by atoms with Crippen LogP contribution in [-0.4, -0.2) is 77.0 Å². The molecule has 1 aromatic rings. The standard InChI is InChI=1S/C17H23N5O5/c1-26-15-16(19-7-6-18-15)27-12-3-2-8-22(11-12)14(24)5-10-21-9-4-13(23)20-17(21)25/h6-7,12H,2-5,8-11H2,1H3,(H,20,23,25). The minimum atomic E-state index is -0.436. The van der Waals surface area contributed by atoms with Crippen LogP contribution in [-0.2, 0) is 9.59 Å². The van der Waals surface area contributed by atoms with E-state index in [-0.39, 0.29) is 37.3 Å². The van der Waals surface area contributed by atoms with Gasteiger partial charge in [-0.1, -0.05) is 0 Å². The smallest absolute Gasteiger partial charge is 0.324 e. The molecular formula is C17H23N5O5. The van der Waals surface area contributed by atoms with Gasteiger partial charge in [-0.2, -0.15) is 0 Å². The van der Waals surface area contributed by atoms with Crippen LogP contribution in [0.1, 0.15) is 25.7 Å². The van der Waals surface area contributed by atoms with Crippen LogP contribution in [0.4, 0.5) is 4.79 Å². The maximum absolute atomic E-state index is 12.5. The fourth-order valence-corrected chi connectivity index (χ4v) is 3.15. The van der Waals surface area contributed by atoms with Gasteiger partial charge in [0.05, 0.1) is 13.7 Å². The van der Waals surface area contributed by atoms with Crippen LogP contribution < -0.4 is 14.8 Å². The molecule has 0 spiro atoms. The SMILES string of the molecule is COc1nccnc1OC1CCCN(C(=O)CCN2CCC(=O)NC2=O)C1. The summed E-state index contributed by atoms with van der Waals surface area (Å²) in [6.07, 6.45) is 4.95. The van der Waals surface area contributed by atoms with Crippen LogP contribution in [0.3, 0.4) is 0 Å². The lowest BCUT2D eigenvalue weighted by Crippen LogP contribution is -2.51. The highest BCUT2D eigenvalue weighted by Crippen LogP contribution is 2.24. The fourth-order valence-electron chi connectivity index (χ4n) is 3.15. The van der Waals surface area contributed by atoms with Gasteiger partial charge in [0.15, 0.2) is 0 Å². The van der Waals surface area contributed by atoms with Gasteiger partial charge in [0.2, 0.25) is 11.8 Å². The predicted octanol–water partition coefficient (Wildman–Crippen LogP) is 0.187. The first kappa shape index (κ1) is 18.9. The number of rotatable bonds is 6. The summed E-state index contributed by atoms with van der Waals surface area (Å²) in [5.74, 6) is 0.303. The van der Waals surface area contributed by atoms with E-state index < -0.39 is 6.03 Å². The Kier molecular flexibility index (Phi) is 6.05. The number of likely N-dealkylation sites (tertiary alicyclic amines) is 1. The molecule has 2 fully saturated rings. The van der Waals surface area contributed by atoms with Crippen LogP contribution in [0.5, 0.6) is 11.8 Å². The Hall–Kier alpha value is -2.91. The molecule has 27 heavy (non-hydrogen) atoms. The van der Waals surface area contributed by atoms with Crippen molar-refractivity contribution in [3.8, 4) is 11.8 Å². The van der Waals surface area contributed by atoms with E-state index >= 15 is 0 Å². The molecule has 1 atom stereocenters. The number of aromatic nitrogens is 2. The van der Waals surface area contributed by atoms with Gasteiger partial charge in [-0.15, -0.1) is 0 Å². The largest absolute Gasteiger partial charge is 0.477 e. The summed E-state index contributed by atoms with van der Waals surface area (Å²) in [6.45, 7) is 1.73. The molecule has 2 aliphatic heterocycles. The van der Waals surface area contributed by atoms with E-state index in [0.29, 0.717) is 31.4 Å². The van der Waals surface area contributed by atoms with Crippen molar-refractivity contribution in [1.82, 2.24) is 25.1 Å². The van der Waals surface area contributed by atoms with Crippen LogP contribution in [0, 0.1) is 0 Å². The van der Waals surface area contributed by atoms with E-state index in [9.17, 15) is 14.4 Å². The van der Waals surface area contributed by atoms with Gasteiger partial charge in [0.25, 0.3) is 11.8 Å². The number of carbonyl (C=O) groups excluding carboxylic acids is 3. The zero-order chi connectivity index (χ0) is 19.2. The number of hydrogen-bond donors (Lipinski definition) is 1. The molecule has 0 aliphatic carbocycles. The van der Waals surface area contributed by atoms with Gasteiger partial charge in [-0.05, 0) is 12.8 Å². The second-order valence-corrected chi connectivity index (χ2v) is 6.43. The third-order valence-electron chi connectivity index (χ3n) is 4.57. The van der Waals surface area contributed by atoms with Gasteiger partial charge in [0.1, 0.15) is 6.10 Å². The highest BCUT2D eigenvalue weighted by molar-refractivity contribution is 5.96. The van der Waals surface area contributed by atoms with Gasteiger partial charge in [-0.3, -0.25) is 14.9 Å². The molecule has 1 unspecified atom stereocenters. The molecule has 10 heteroatoms. The van der Waals surface area contributed by atoms with E-state index in [1.165, 1.54) is 24.4 Å². The Morgan fingerprint density at radius 1 is 1.26 bits per heavy atom. The van der Waals surface area contributed by atoms with Gasteiger partial charge >= 0.3 is 6.03 Å². The number of urea groups is 1. The van der Waals surface area contributed by atoms with E-state index in [4.69, 9.17) is 9.47 Å². The van der Waals surface area contributed by atoms with Crippen molar-refractivity contribution in [2.75, 3.05) is 33.3 Å². The second-order valence-electron chi connectivity index (χ2n) is 6.43. The Balaban J connectivity index is 1.50. The third kappa shape index (κ3) is 4.83. The summed E-state index contributed by atoms with van der Waals surface area (Å²) in [4.78, 5) is 46.8. The number of piperidine rings is 1. The average molecular weight is 377 g/mol. The van der Waals surface area contributed by atoms with Crippen molar-refractivity contribution in [3.63, 3.8) is 0 Å². The molecule has 2 aliphatic rings. The van der Waals surface area contributed by atoms with Gasteiger partial charge in [0, 0.05) is 44.9 Å². The lowest BCUT2D eigenvalue weighted by molar-refractivity contribution is -0.134. The number of ether oxygens (including phenoxy) is 2. The Morgan fingerprint density at radius 3 is 2.78 bits per heavy atom. The number of imide groups is 1. The summed E-state index contributed by atoms with van der Waals surface area (Å²) in [6, 6.07) is -0.436. The average Bonchev–Trinajstić information content (AvgIpc) is 2.68. The van der Waals surface area contributed by atoms with E-state index in [2.05, 4.69) is 15.3 Å². The quantitative estimate of drug-likeness (QED) is 0.752. The maximum Gasteiger partial charge on any atom is 0.324 e. The third-order valence-corrected chi connectivity index (χ3v) is 4.57. The van der Waals surface area contributed by atoms with E-state index in [1.807, 2.05) is 0 Å². The molecule has 2 saturated heterocycles. The first-order chi connectivity index (χ1) is 13.1. The summed E-state index contributed by atoms with van der Waals surface area (Å²) < 4.78 is 11.0. The van der Waals surface area contributed by atoms with Crippen molar-refractivity contribution in [2.24, 2.45) is 0 Å². The molecule has 3 heterocycles. The summed E-state index contributed by atoms with van der Waals surface area (Å²) in [7, 11) is 1.50. The monoisotopic (exact) mass is 377 g/mol. The summed E-state index contributed by atoms with van der Waals surface area (Å²) >= 11 is 0. The number of carbonyl (C=O) groups is 3. The molecular weight excluding hydrogens is 354 g/mol. The summed E-state index contributed by atoms with van der Waals surface area (Å²) in [5, 5.41) is 2.26. The highest BCUT2D eigenvalue weighted by Gasteiger charge is 2.28. The lowest BCUT2D eigenvalue weighted by atomic mass is 10.1. The molecule has 10 nitrogen and oxygen atoms in total. The highest BCUT2D eigenvalue weighted by atomic mass is 16.5. The number of nitrogens with zero attached hydrogens (tertiary/aromatic N) is 4. The summed E-state index contributed by atoms with van der Waals surface area (Å²) in [5.41, 5.74) is 0. The first-order valence-electron chi connectivity index (χ1n) is 8.95. The molecule has 146 valence electrons. The van der Waals surface area contributed by atoms with Crippen molar-refractivity contribution in [1.29, 1.82) is 0 Å². The maximum atomic E-state index is 12.5. The predicted molar refractivity (Wildman–Crippen MR) is 93.2 cm³/mol. The van der Waals surface area contributed by atoms with E-state index in [0.717, 1.165) is 12.8 Å². The Bertz CT molecular complexity index is 713. The topological polar surface area (TPSA) is 114 Å². The van der Waals surface area contributed by atoms with Crippen LogP contribution in [0.25, 0.3) is 0 Å². The van der Waals surface area contributed by atoms with Crippen molar-refractivity contribution >= 4 is 17.8 Å². The van der Waals surface area contributed by atoms with Crippen molar-refractivity contribution < 1.29 is 23.9 Å². The van der Waals surface area contributed by atoms with Crippen molar-refractivity contribution in [3.05, 3.63) is 12.4 Å². The van der Waals surface area contributed by atoms with Gasteiger partial charge in [-0.25, -0.2) is 14.8 Å². The minimum Gasteiger partial charge on any atom is -0.477 e. The fraction of sp³-hybridized carbons (Fsp3) is 0.588. The zero-order valence-electron chi connectivity index (χ0n) is 15.2. The van der Waals surface area contributed by atoms with Gasteiger partial charge < -0.3 is 19.3 Å². The molecule has 1 N–H and O–H groups in total. The molecule has 3 rings (SSSR count). The lowest BCUT2D eigenvalue weighted by Gasteiger charge is -2.33. The van der Waals surface area contributed by atoms with Crippen LogP contribution >= 0.6 is 0 Å². The molecule has 0 radical (unpaired) electrons. The van der Waals surface area contributed by atoms with Crippen LogP contribution in [0.15, 0.2) is 12.4 Å². The molecule has 0 bridgehead atoms. The molecule has 1 aromatic heterocycles. The number of amides is 4. The number of methoxy groups -OCH3 is 1. The number of hydrogen-bond acceptors (Lipinski definition) is 7. The van der Waals surface area contributed by atoms with E-state index in [1.54, 1.807) is 4.90 Å². The Morgan fingerprint density at radius 2 is 2.04 bits per heavy atom. The van der Waals surface area contributed by atoms with Crippen molar-refractivity contribution in [2.45, 2.75) is 31.8 Å². The molecule has 4 amide bonds. The number of nitrogens with one attached hydrogen (secondary N) is 1. The first-order valence-corrected chi connectivity index (χ1v) is 8.95. The van der Waals surface area contributed by atoms with Crippen LogP contribution in [0.2, 0.25) is 0 Å².